The fraction of sp³-hybridized carbons (Fsp3) is 0.353. The highest BCUT2D eigenvalue weighted by molar-refractivity contribution is 5.94. The first-order valence-corrected chi connectivity index (χ1v) is 15.0. The molecule has 0 unspecified atom stereocenters. The lowest BCUT2D eigenvalue weighted by atomic mass is 9.87. The van der Waals surface area contributed by atoms with Crippen molar-refractivity contribution in [3.05, 3.63) is 113 Å². The largest absolute Gasteiger partial charge is 0.391 e. The number of aliphatic hydroxyl groups is 1. The number of aryl methyl sites for hydroxylation is 1. The van der Waals surface area contributed by atoms with Crippen LogP contribution in [0.2, 0.25) is 0 Å². The van der Waals surface area contributed by atoms with E-state index in [1.807, 2.05) is 47.9 Å². The molecule has 0 saturated carbocycles. The standard InChI is InChI=1S/C34H37F2N5O2/c1-2-7-29(39-25-13-12-22-14-24(35)16-28(36)27(22)17-25)34(43)40-32-19-41(20-38-32)30-11-6-4-9-23(30)18-37-33-26-10-5-3-8-21(26)15-31(33)42/h3-6,8-11,14,16,19-20,25,29,31,33,37,39,42H,2,7,12-13,15,17-18H2,1H3,(H,40,43)/t25-,29-,31+,33-/m0/s1. The van der Waals surface area contributed by atoms with Gasteiger partial charge >= 0.3 is 0 Å². The van der Waals surface area contributed by atoms with Crippen molar-refractivity contribution in [1.82, 2.24) is 20.2 Å². The Balaban J connectivity index is 1.11. The maximum atomic E-state index is 14.4. The van der Waals surface area contributed by atoms with Crippen molar-refractivity contribution < 1.29 is 18.7 Å². The monoisotopic (exact) mass is 585 g/mol. The summed E-state index contributed by atoms with van der Waals surface area (Å²) in [6, 6.07) is 17.7. The summed E-state index contributed by atoms with van der Waals surface area (Å²) in [5.41, 5.74) is 5.49. The van der Waals surface area contributed by atoms with Gasteiger partial charge in [-0.15, -0.1) is 0 Å². The summed E-state index contributed by atoms with van der Waals surface area (Å²) < 4.78 is 30.0. The van der Waals surface area contributed by atoms with Crippen LogP contribution < -0.4 is 16.0 Å². The Morgan fingerprint density at radius 3 is 2.77 bits per heavy atom. The van der Waals surface area contributed by atoms with Gasteiger partial charge in [-0.1, -0.05) is 55.8 Å². The molecule has 0 saturated heterocycles. The fourth-order valence-corrected chi connectivity index (χ4v) is 6.48. The van der Waals surface area contributed by atoms with Gasteiger partial charge in [-0.05, 0) is 65.6 Å². The number of para-hydroxylation sites is 1. The normalized spacial score (nSPS) is 20.0. The third kappa shape index (κ3) is 6.39. The van der Waals surface area contributed by atoms with Gasteiger partial charge in [-0.2, -0.15) is 0 Å². The number of imidazole rings is 1. The van der Waals surface area contributed by atoms with Crippen LogP contribution in [-0.4, -0.2) is 38.8 Å². The van der Waals surface area contributed by atoms with Gasteiger partial charge in [-0.3, -0.25) is 4.79 Å². The lowest BCUT2D eigenvalue weighted by molar-refractivity contribution is -0.118. The predicted octanol–water partition coefficient (Wildman–Crippen LogP) is 5.15. The molecule has 2 aliphatic rings. The van der Waals surface area contributed by atoms with Gasteiger partial charge in [0.1, 0.15) is 18.0 Å². The first-order chi connectivity index (χ1) is 20.9. The molecule has 7 nitrogen and oxygen atoms in total. The number of aliphatic hydroxyl groups excluding tert-OH is 1. The molecule has 0 spiro atoms. The van der Waals surface area contributed by atoms with Crippen LogP contribution in [0.4, 0.5) is 14.6 Å². The van der Waals surface area contributed by atoms with E-state index in [2.05, 4.69) is 33.1 Å². The minimum Gasteiger partial charge on any atom is -0.391 e. The van der Waals surface area contributed by atoms with Crippen LogP contribution >= 0.6 is 0 Å². The molecule has 2 aliphatic carbocycles. The molecule has 1 aromatic heterocycles. The number of carbonyl (C=O) groups is 1. The lowest BCUT2D eigenvalue weighted by Crippen LogP contribution is -2.48. The van der Waals surface area contributed by atoms with Crippen molar-refractivity contribution in [3.63, 3.8) is 0 Å². The van der Waals surface area contributed by atoms with Gasteiger partial charge in [0.2, 0.25) is 5.91 Å². The SMILES string of the molecule is CCC[C@H](N[C@H]1CCc2cc(F)cc(F)c2C1)C(=O)Nc1cn(-c2ccccc2CN[C@H]2c3ccccc3C[C@H]2O)cn1. The zero-order chi connectivity index (χ0) is 29.9. The van der Waals surface area contributed by atoms with Gasteiger partial charge in [0.15, 0.2) is 5.82 Å². The number of anilines is 1. The predicted molar refractivity (Wildman–Crippen MR) is 162 cm³/mol. The van der Waals surface area contributed by atoms with E-state index in [-0.39, 0.29) is 18.0 Å². The Bertz CT molecular complexity index is 1610. The average molecular weight is 586 g/mol. The summed E-state index contributed by atoms with van der Waals surface area (Å²) >= 11 is 0. The maximum absolute atomic E-state index is 14.4. The van der Waals surface area contributed by atoms with Gasteiger partial charge in [0, 0.05) is 25.1 Å². The summed E-state index contributed by atoms with van der Waals surface area (Å²) in [6.45, 7) is 2.57. The minimum atomic E-state index is -0.553. The first kappa shape index (κ1) is 29.2. The number of benzene rings is 3. The highest BCUT2D eigenvalue weighted by atomic mass is 19.1. The summed E-state index contributed by atoms with van der Waals surface area (Å²) in [7, 11) is 0. The number of carbonyl (C=O) groups excluding carboxylic acids is 1. The highest BCUT2D eigenvalue weighted by Gasteiger charge is 2.30. The second-order valence-corrected chi connectivity index (χ2v) is 11.6. The fourth-order valence-electron chi connectivity index (χ4n) is 6.48. The van der Waals surface area contributed by atoms with Crippen molar-refractivity contribution in [2.24, 2.45) is 0 Å². The maximum Gasteiger partial charge on any atom is 0.242 e. The minimum absolute atomic E-state index is 0.0861. The van der Waals surface area contributed by atoms with Crippen molar-refractivity contribution in [2.45, 2.75) is 76.2 Å². The molecular formula is C34H37F2N5O2. The Hall–Kier alpha value is -3.92. The van der Waals surface area contributed by atoms with Crippen LogP contribution in [0, 0.1) is 11.6 Å². The van der Waals surface area contributed by atoms with E-state index >= 15 is 0 Å². The van der Waals surface area contributed by atoms with Crippen LogP contribution in [0.25, 0.3) is 5.69 Å². The zero-order valence-corrected chi connectivity index (χ0v) is 24.2. The zero-order valence-electron chi connectivity index (χ0n) is 24.2. The van der Waals surface area contributed by atoms with Gasteiger partial charge in [0.25, 0.3) is 0 Å². The number of hydrogen-bond donors (Lipinski definition) is 4. The van der Waals surface area contributed by atoms with Crippen molar-refractivity contribution >= 4 is 11.7 Å². The van der Waals surface area contributed by atoms with Crippen LogP contribution in [0.5, 0.6) is 0 Å². The number of nitrogens with zero attached hydrogens (tertiary/aromatic N) is 2. The molecule has 4 N–H and O–H groups in total. The second-order valence-electron chi connectivity index (χ2n) is 11.6. The number of amides is 1. The first-order valence-electron chi connectivity index (χ1n) is 15.0. The number of fused-ring (bicyclic) bond motifs is 2. The van der Waals surface area contributed by atoms with Crippen molar-refractivity contribution in [1.29, 1.82) is 0 Å². The molecule has 0 radical (unpaired) electrons. The number of rotatable bonds is 10. The van der Waals surface area contributed by atoms with Crippen molar-refractivity contribution in [2.75, 3.05) is 5.32 Å². The van der Waals surface area contributed by atoms with E-state index in [1.165, 1.54) is 11.6 Å². The second kappa shape index (κ2) is 12.8. The summed E-state index contributed by atoms with van der Waals surface area (Å²) in [5, 5.41) is 20.6. The third-order valence-electron chi connectivity index (χ3n) is 8.62. The molecule has 6 rings (SSSR count). The molecule has 4 atom stereocenters. The molecule has 0 fully saturated rings. The Kier molecular flexibility index (Phi) is 8.65. The molecule has 3 aromatic carbocycles. The van der Waals surface area contributed by atoms with E-state index in [0.29, 0.717) is 55.6 Å². The average Bonchev–Trinajstić information content (AvgIpc) is 3.59. The van der Waals surface area contributed by atoms with E-state index in [0.717, 1.165) is 29.3 Å². The van der Waals surface area contributed by atoms with Crippen LogP contribution in [0.1, 0.15) is 60.0 Å². The molecule has 9 heteroatoms. The van der Waals surface area contributed by atoms with E-state index in [9.17, 15) is 18.7 Å². The van der Waals surface area contributed by atoms with E-state index < -0.39 is 23.8 Å². The van der Waals surface area contributed by atoms with E-state index in [4.69, 9.17) is 0 Å². The molecule has 4 aromatic rings. The van der Waals surface area contributed by atoms with Crippen LogP contribution in [0.3, 0.4) is 0 Å². The molecule has 1 amide bonds. The quantitative estimate of drug-likeness (QED) is 0.207. The summed E-state index contributed by atoms with van der Waals surface area (Å²) in [5.74, 6) is -0.835. The number of aromatic nitrogens is 2. The number of nitrogens with one attached hydrogen (secondary N) is 3. The molecular weight excluding hydrogens is 548 g/mol. The van der Waals surface area contributed by atoms with Gasteiger partial charge in [-0.25, -0.2) is 13.8 Å². The van der Waals surface area contributed by atoms with E-state index in [1.54, 1.807) is 12.5 Å². The Morgan fingerprint density at radius 1 is 1.09 bits per heavy atom. The van der Waals surface area contributed by atoms with Crippen LogP contribution in [0.15, 0.2) is 73.2 Å². The molecule has 1 heterocycles. The highest BCUT2D eigenvalue weighted by Crippen LogP contribution is 2.32. The summed E-state index contributed by atoms with van der Waals surface area (Å²) in [4.78, 5) is 17.8. The molecule has 224 valence electrons. The lowest BCUT2D eigenvalue weighted by Gasteiger charge is -2.29. The van der Waals surface area contributed by atoms with Gasteiger partial charge in [0.05, 0.1) is 30.1 Å². The topological polar surface area (TPSA) is 91.2 Å². The molecule has 0 aliphatic heterocycles. The van der Waals surface area contributed by atoms with Gasteiger partial charge < -0.3 is 25.6 Å². The third-order valence-corrected chi connectivity index (χ3v) is 8.62. The van der Waals surface area contributed by atoms with Crippen LogP contribution in [-0.2, 0) is 30.6 Å². The molecule has 0 bridgehead atoms. The Labute approximate surface area is 250 Å². The smallest absolute Gasteiger partial charge is 0.242 e. The summed E-state index contributed by atoms with van der Waals surface area (Å²) in [6.07, 6.45) is 6.72. The Morgan fingerprint density at radius 2 is 1.91 bits per heavy atom. The van der Waals surface area contributed by atoms with Crippen molar-refractivity contribution in [3.8, 4) is 5.69 Å². The number of hydrogen-bond acceptors (Lipinski definition) is 5. The molecule has 43 heavy (non-hydrogen) atoms. The number of halogens is 2.